The number of hydrogen-bond acceptors (Lipinski definition) is 0. The molecule has 0 heterocycles. The third kappa shape index (κ3) is 9.21. The van der Waals surface area contributed by atoms with Gasteiger partial charge in [0.05, 0.1) is 0 Å². The summed E-state index contributed by atoms with van der Waals surface area (Å²) in [7, 11) is 0. The van der Waals surface area contributed by atoms with E-state index in [0.717, 1.165) is 0 Å². The third-order valence-electron chi connectivity index (χ3n) is 0. The number of rotatable bonds is 0. The zero-order valence-corrected chi connectivity index (χ0v) is 5.46. The van der Waals surface area contributed by atoms with E-state index in [-0.39, 0.29) is 63.2 Å². The van der Waals surface area contributed by atoms with Crippen molar-refractivity contribution in [3.8, 4) is 0 Å². The molecule has 0 aliphatic heterocycles. The summed E-state index contributed by atoms with van der Waals surface area (Å²) in [6.07, 6.45) is 0. The van der Waals surface area contributed by atoms with Crippen molar-refractivity contribution < 1.29 is 44.3 Å². The first-order valence-corrected chi connectivity index (χ1v) is 0. The average molecular weight is 266 g/mol. The van der Waals surface area contributed by atoms with Crippen molar-refractivity contribution in [1.29, 1.82) is 0 Å². The van der Waals surface area contributed by atoms with E-state index in [1.165, 1.54) is 0 Å². The summed E-state index contributed by atoms with van der Waals surface area (Å²) in [5, 5.41) is 0. The predicted molar refractivity (Wildman–Crippen MR) is 10.8 cm³/mol. The van der Waals surface area contributed by atoms with E-state index in [1.807, 2.05) is 0 Å². The van der Waals surface area contributed by atoms with E-state index in [9.17, 15) is 0 Å². The van der Waals surface area contributed by atoms with Crippen LogP contribution in [0.1, 0.15) is 0 Å². The first-order chi connectivity index (χ1) is 0. The standard InChI is InChI=1S/Li.Ni.H2O.Ta.H/h;;1H2;;. The summed E-state index contributed by atoms with van der Waals surface area (Å²) >= 11 is 0. The molecule has 25 valence electrons. The summed E-state index contributed by atoms with van der Waals surface area (Å²) in [6.45, 7) is 0. The molecule has 0 rings (SSSR count). The van der Waals surface area contributed by atoms with Gasteiger partial charge >= 0.3 is 18.9 Å². The zero-order valence-electron chi connectivity index (χ0n) is 1.26. The molecule has 0 aromatic carbocycles. The van der Waals surface area contributed by atoms with Gasteiger partial charge in [0, 0.05) is 38.9 Å². The molecule has 1 nitrogen and oxygen atoms in total. The Kier molecular flexibility index (Phi) is 222. The second kappa shape index (κ2) is 21.5. The largest absolute Gasteiger partial charge is 0 e. The van der Waals surface area contributed by atoms with E-state index in [4.69, 9.17) is 0 Å². The first-order valence-electron chi connectivity index (χ1n) is 0. The number of hydrogen-bond donors (Lipinski definition) is 0. The molecule has 0 bridgehead atoms. The van der Waals surface area contributed by atoms with Crippen molar-refractivity contribution in [1.82, 2.24) is 0 Å². The van der Waals surface area contributed by atoms with Gasteiger partial charge in [-0.05, 0) is 0 Å². The molecule has 0 aliphatic carbocycles. The molecule has 0 aliphatic rings. The van der Waals surface area contributed by atoms with Crippen LogP contribution in [0.5, 0.6) is 0 Å². The summed E-state index contributed by atoms with van der Waals surface area (Å²) < 4.78 is 0. The summed E-state index contributed by atoms with van der Waals surface area (Å²) in [4.78, 5) is 0. The van der Waals surface area contributed by atoms with Gasteiger partial charge in [0.25, 0.3) is 0 Å². The molecular weight excluding hydrogens is 263 g/mol. The van der Waals surface area contributed by atoms with Crippen LogP contribution in [0.4, 0.5) is 0 Å². The van der Waals surface area contributed by atoms with Crippen LogP contribution in [-0.4, -0.2) is 24.3 Å². The van der Waals surface area contributed by atoms with Gasteiger partial charge in [0.1, 0.15) is 0 Å². The van der Waals surface area contributed by atoms with E-state index in [1.54, 1.807) is 0 Å². The van der Waals surface area contributed by atoms with Gasteiger partial charge in [0.15, 0.2) is 0 Å². The molecule has 0 saturated heterocycles. The summed E-state index contributed by atoms with van der Waals surface area (Å²) in [5.41, 5.74) is 0. The molecule has 4 heavy (non-hydrogen) atoms. The van der Waals surface area contributed by atoms with Gasteiger partial charge in [-0.15, -0.1) is 0 Å². The van der Waals surface area contributed by atoms with Crippen LogP contribution in [0, 0.1) is 0 Å². The minimum absolute atomic E-state index is 0. The van der Waals surface area contributed by atoms with Gasteiger partial charge in [-0.25, -0.2) is 0 Å². The topological polar surface area (TPSA) is 31.5 Å². The Labute approximate surface area is 62.8 Å². The van der Waals surface area contributed by atoms with Crippen molar-refractivity contribution in [3.05, 3.63) is 0 Å². The van der Waals surface area contributed by atoms with Crippen molar-refractivity contribution in [2.45, 2.75) is 0 Å². The van der Waals surface area contributed by atoms with Crippen molar-refractivity contribution in [3.63, 3.8) is 0 Å². The molecule has 0 aromatic rings. The minimum Gasteiger partial charge on any atom is 0 e. The van der Waals surface area contributed by atoms with E-state index < -0.39 is 0 Å². The fourth-order valence-corrected chi connectivity index (χ4v) is 0. The third-order valence-corrected chi connectivity index (χ3v) is 0. The predicted octanol–water partition coefficient (Wildman–Crippen LogP) is -1.48. The maximum Gasteiger partial charge on any atom is 0 e. The monoisotopic (exact) mass is 265 g/mol. The molecule has 0 amide bonds. The maximum absolute atomic E-state index is 0. The molecule has 4 heteroatoms. The van der Waals surface area contributed by atoms with Gasteiger partial charge < -0.3 is 5.48 Å². The Balaban J connectivity index is 0. The van der Waals surface area contributed by atoms with Crippen molar-refractivity contribution >= 4 is 18.9 Å². The van der Waals surface area contributed by atoms with Crippen molar-refractivity contribution in [2.24, 2.45) is 0 Å². The van der Waals surface area contributed by atoms with Crippen LogP contribution >= 0.6 is 0 Å². The van der Waals surface area contributed by atoms with Crippen LogP contribution in [0.2, 0.25) is 0 Å². The van der Waals surface area contributed by atoms with Gasteiger partial charge in [0.2, 0.25) is 0 Å². The Bertz CT molecular complexity index is 8.00. The summed E-state index contributed by atoms with van der Waals surface area (Å²) in [6, 6.07) is 0. The zero-order chi connectivity index (χ0) is 0. The van der Waals surface area contributed by atoms with E-state index in [2.05, 4.69) is 0 Å². The van der Waals surface area contributed by atoms with Crippen molar-refractivity contribution in [2.75, 3.05) is 0 Å². The quantitative estimate of drug-likeness (QED) is 0.479. The molecule has 1 radical (unpaired) electrons. The Morgan fingerprint density at radius 2 is 1.00 bits per heavy atom. The van der Waals surface area contributed by atoms with Gasteiger partial charge in [-0.2, -0.15) is 0 Å². The normalized spacial score (nSPS) is 0. The van der Waals surface area contributed by atoms with Crippen LogP contribution in [-0.2, 0) is 38.9 Å². The minimum atomic E-state index is 0. The van der Waals surface area contributed by atoms with Gasteiger partial charge in [-0.3, -0.25) is 0 Å². The van der Waals surface area contributed by atoms with E-state index in [0.29, 0.717) is 0 Å². The van der Waals surface area contributed by atoms with Gasteiger partial charge in [-0.1, -0.05) is 0 Å². The Hall–Kier alpha value is 1.79. The molecular formula is H3LiNiOTa. The second-order valence-corrected chi connectivity index (χ2v) is 0. The SMILES string of the molecule is O.[LiH].[Ni].[Ta]. The molecule has 0 aromatic heterocycles. The van der Waals surface area contributed by atoms with Crippen LogP contribution in [0.25, 0.3) is 0 Å². The molecule has 0 atom stereocenters. The molecule has 0 fully saturated rings. The summed E-state index contributed by atoms with van der Waals surface area (Å²) in [5.74, 6) is 0. The van der Waals surface area contributed by atoms with E-state index >= 15 is 0 Å². The second-order valence-electron chi connectivity index (χ2n) is 0. The maximum atomic E-state index is 0. The average Bonchev–Trinajstić information content (AvgIpc) is 0. The molecule has 0 saturated carbocycles. The fourth-order valence-electron chi connectivity index (χ4n) is 0. The molecule has 0 unspecified atom stereocenters. The van der Waals surface area contributed by atoms with Crippen LogP contribution in [0.15, 0.2) is 0 Å². The Morgan fingerprint density at radius 3 is 1.00 bits per heavy atom. The smallest absolute Gasteiger partial charge is 0 e. The van der Waals surface area contributed by atoms with Crippen LogP contribution < -0.4 is 0 Å². The van der Waals surface area contributed by atoms with Crippen LogP contribution in [0.3, 0.4) is 0 Å². The Morgan fingerprint density at radius 1 is 1.00 bits per heavy atom. The molecule has 0 spiro atoms. The first kappa shape index (κ1) is 41.4. The fraction of sp³-hybridized carbons (Fsp3) is 0. The molecule has 2 N–H and O–H groups in total.